The minimum Gasteiger partial charge on any atom is -0.348 e. The van der Waals surface area contributed by atoms with E-state index in [2.05, 4.69) is 41.3 Å². The van der Waals surface area contributed by atoms with Crippen LogP contribution in [0.5, 0.6) is 0 Å². The molecule has 0 bridgehead atoms. The normalized spacial score (nSPS) is 14.4. The Hall–Kier alpha value is -1.32. The number of aryl methyl sites for hydroxylation is 1. The fourth-order valence-corrected chi connectivity index (χ4v) is 3.00. The molecule has 3 heteroatoms. The number of nitrogens with zero attached hydrogens (tertiary/aromatic N) is 1. The smallest absolute Gasteiger partial charge is 0.0486 e. The zero-order chi connectivity index (χ0) is 12.7. The first-order chi connectivity index (χ1) is 8.72. The second-order valence-corrected chi connectivity index (χ2v) is 5.22. The number of fused-ring (bicyclic) bond motifs is 2. The van der Waals surface area contributed by atoms with E-state index in [4.69, 9.17) is 0 Å². The zero-order valence-corrected chi connectivity index (χ0v) is 11.4. The maximum atomic E-state index is 3.43. The van der Waals surface area contributed by atoms with Crippen molar-refractivity contribution in [2.24, 2.45) is 7.05 Å². The van der Waals surface area contributed by atoms with Gasteiger partial charge in [-0.25, -0.2) is 0 Å². The van der Waals surface area contributed by atoms with Gasteiger partial charge in [-0.15, -0.1) is 0 Å². The molecule has 18 heavy (non-hydrogen) atoms. The molecule has 0 saturated heterocycles. The van der Waals surface area contributed by atoms with Crippen LogP contribution in [-0.2, 0) is 26.6 Å². The molecular weight excluding hydrogens is 222 g/mol. The number of rotatable bonds is 3. The van der Waals surface area contributed by atoms with E-state index in [1.165, 1.54) is 33.3 Å². The summed E-state index contributed by atoms with van der Waals surface area (Å²) in [6.45, 7) is 5.30. The monoisotopic (exact) mass is 243 g/mol. The first-order valence-electron chi connectivity index (χ1n) is 6.67. The first-order valence-corrected chi connectivity index (χ1v) is 6.67. The van der Waals surface area contributed by atoms with Gasteiger partial charge in [0.15, 0.2) is 0 Å². The van der Waals surface area contributed by atoms with Gasteiger partial charge in [-0.2, -0.15) is 0 Å². The molecule has 1 aliphatic rings. The average molecular weight is 243 g/mol. The molecule has 2 heterocycles. The van der Waals surface area contributed by atoms with Crippen LogP contribution in [0.4, 0.5) is 0 Å². The minimum atomic E-state index is 1.02. The van der Waals surface area contributed by atoms with E-state index < -0.39 is 0 Å². The summed E-state index contributed by atoms with van der Waals surface area (Å²) in [7, 11) is 4.19. The molecule has 1 aliphatic heterocycles. The number of nitrogens with one attached hydrogen (secondary N) is 2. The van der Waals surface area contributed by atoms with E-state index in [1.54, 1.807) is 0 Å². The lowest BCUT2D eigenvalue weighted by Gasteiger charge is -2.02. The predicted octanol–water partition coefficient (Wildman–Crippen LogP) is 1.85. The number of benzene rings is 1. The molecule has 0 spiro atoms. The molecule has 0 fully saturated rings. The van der Waals surface area contributed by atoms with Crippen molar-refractivity contribution < 1.29 is 0 Å². The lowest BCUT2D eigenvalue weighted by molar-refractivity contribution is 0.764. The van der Waals surface area contributed by atoms with Gasteiger partial charge in [0.05, 0.1) is 0 Å². The maximum Gasteiger partial charge on any atom is 0.0486 e. The molecule has 3 nitrogen and oxygen atoms in total. The van der Waals surface area contributed by atoms with Crippen LogP contribution < -0.4 is 10.6 Å². The Morgan fingerprint density at radius 1 is 1.28 bits per heavy atom. The summed E-state index contributed by atoms with van der Waals surface area (Å²) in [4.78, 5) is 0. The number of hydrogen-bond donors (Lipinski definition) is 2. The molecule has 2 aromatic rings. The molecule has 96 valence electrons. The molecule has 0 amide bonds. The molecule has 0 aliphatic carbocycles. The fourth-order valence-electron chi connectivity index (χ4n) is 3.00. The summed E-state index contributed by atoms with van der Waals surface area (Å²) in [5.74, 6) is 0. The molecule has 2 N–H and O–H groups in total. The van der Waals surface area contributed by atoms with Crippen LogP contribution in [-0.4, -0.2) is 18.2 Å². The number of hydrogen-bond acceptors (Lipinski definition) is 2. The Labute approximate surface area is 108 Å². The summed E-state index contributed by atoms with van der Waals surface area (Å²) in [6.07, 6.45) is 1.10. The van der Waals surface area contributed by atoms with Gasteiger partial charge in [-0.1, -0.05) is 0 Å². The topological polar surface area (TPSA) is 29.0 Å². The van der Waals surface area contributed by atoms with E-state index in [0.717, 1.165) is 26.1 Å². The highest BCUT2D eigenvalue weighted by atomic mass is 15.0. The van der Waals surface area contributed by atoms with Crippen molar-refractivity contribution in [2.45, 2.75) is 26.4 Å². The van der Waals surface area contributed by atoms with Crippen LogP contribution in [0.15, 0.2) is 12.1 Å². The molecule has 0 atom stereocenters. The van der Waals surface area contributed by atoms with E-state index in [-0.39, 0.29) is 0 Å². The van der Waals surface area contributed by atoms with E-state index >= 15 is 0 Å². The van der Waals surface area contributed by atoms with Gasteiger partial charge in [0.2, 0.25) is 0 Å². The van der Waals surface area contributed by atoms with Crippen molar-refractivity contribution in [3.63, 3.8) is 0 Å². The molecule has 1 aromatic heterocycles. The highest BCUT2D eigenvalue weighted by Gasteiger charge is 2.17. The molecule has 3 rings (SSSR count). The van der Waals surface area contributed by atoms with Gasteiger partial charge >= 0.3 is 0 Å². The molecule has 0 saturated carbocycles. The minimum absolute atomic E-state index is 1.02. The van der Waals surface area contributed by atoms with Crippen LogP contribution in [0.1, 0.15) is 22.4 Å². The van der Waals surface area contributed by atoms with Crippen LogP contribution in [0.25, 0.3) is 10.9 Å². The van der Waals surface area contributed by atoms with E-state index in [1.807, 2.05) is 7.05 Å². The van der Waals surface area contributed by atoms with Crippen molar-refractivity contribution in [2.75, 3.05) is 13.6 Å². The van der Waals surface area contributed by atoms with Gasteiger partial charge in [0.25, 0.3) is 0 Å². The molecule has 0 radical (unpaired) electrons. The van der Waals surface area contributed by atoms with E-state index in [0.29, 0.717) is 0 Å². The van der Waals surface area contributed by atoms with Crippen LogP contribution in [0, 0.1) is 6.92 Å². The summed E-state index contributed by atoms with van der Waals surface area (Å²) in [6, 6.07) is 4.75. The lowest BCUT2D eigenvalue weighted by Crippen LogP contribution is -2.10. The molecule has 0 unspecified atom stereocenters. The zero-order valence-electron chi connectivity index (χ0n) is 11.4. The van der Waals surface area contributed by atoms with Gasteiger partial charge < -0.3 is 15.2 Å². The van der Waals surface area contributed by atoms with Crippen molar-refractivity contribution in [1.29, 1.82) is 0 Å². The van der Waals surface area contributed by atoms with Gasteiger partial charge in [0.1, 0.15) is 0 Å². The lowest BCUT2D eigenvalue weighted by atomic mass is 10.0. The summed E-state index contributed by atoms with van der Waals surface area (Å²) in [5.41, 5.74) is 7.21. The Bertz CT molecular complexity index is 596. The average Bonchev–Trinajstić information content (AvgIpc) is 2.91. The Kier molecular flexibility index (Phi) is 2.88. The van der Waals surface area contributed by atoms with Crippen molar-refractivity contribution in [3.05, 3.63) is 34.5 Å². The summed E-state index contributed by atoms with van der Waals surface area (Å²) >= 11 is 0. The predicted molar refractivity (Wildman–Crippen MR) is 75.8 cm³/mol. The summed E-state index contributed by atoms with van der Waals surface area (Å²) < 4.78 is 2.33. The SMILES string of the molecule is CNCCc1c(C)n(C)c2cc3c(cc12)CNC3. The Morgan fingerprint density at radius 3 is 2.72 bits per heavy atom. The van der Waals surface area contributed by atoms with Crippen molar-refractivity contribution in [3.8, 4) is 0 Å². The fraction of sp³-hybridized carbons (Fsp3) is 0.467. The third-order valence-electron chi connectivity index (χ3n) is 4.20. The van der Waals surface area contributed by atoms with Crippen molar-refractivity contribution in [1.82, 2.24) is 15.2 Å². The highest BCUT2D eigenvalue weighted by molar-refractivity contribution is 5.87. The Morgan fingerprint density at radius 2 is 2.00 bits per heavy atom. The van der Waals surface area contributed by atoms with Crippen LogP contribution >= 0.6 is 0 Å². The van der Waals surface area contributed by atoms with Crippen LogP contribution in [0.2, 0.25) is 0 Å². The van der Waals surface area contributed by atoms with Gasteiger partial charge in [-0.05, 0) is 55.8 Å². The first kappa shape index (κ1) is 11.8. The van der Waals surface area contributed by atoms with E-state index in [9.17, 15) is 0 Å². The standard InChI is InChI=1S/C15H21N3/c1-10-13(4-5-16-2)14-6-11-8-17-9-12(11)7-15(14)18(10)3/h6-7,16-17H,4-5,8-9H2,1-3H3. The second-order valence-electron chi connectivity index (χ2n) is 5.22. The Balaban J connectivity index is 2.19. The second kappa shape index (κ2) is 4.41. The molecule has 1 aromatic carbocycles. The highest BCUT2D eigenvalue weighted by Crippen LogP contribution is 2.30. The third kappa shape index (κ3) is 1.66. The maximum absolute atomic E-state index is 3.43. The van der Waals surface area contributed by atoms with Crippen LogP contribution in [0.3, 0.4) is 0 Å². The quantitative estimate of drug-likeness (QED) is 0.861. The summed E-state index contributed by atoms with van der Waals surface area (Å²) in [5, 5.41) is 8.11. The largest absolute Gasteiger partial charge is 0.348 e. The molecular formula is C15H21N3. The van der Waals surface area contributed by atoms with Crippen molar-refractivity contribution >= 4 is 10.9 Å². The third-order valence-corrected chi connectivity index (χ3v) is 4.20. The van der Waals surface area contributed by atoms with Gasteiger partial charge in [0, 0.05) is 36.7 Å². The van der Waals surface area contributed by atoms with Gasteiger partial charge in [-0.3, -0.25) is 0 Å². The number of likely N-dealkylation sites (N-methyl/N-ethyl adjacent to an activating group) is 1. The number of aromatic nitrogens is 1.